The summed E-state index contributed by atoms with van der Waals surface area (Å²) in [6.45, 7) is 29.3. The maximum Gasteiger partial charge on any atom is 0.192 e. The predicted molar refractivity (Wildman–Crippen MR) is 156 cm³/mol. The number of hydrogen-bond donors (Lipinski definition) is 0. The average Bonchev–Trinajstić information content (AvgIpc) is 3.02. The Bertz CT molecular complexity index is 832. The van der Waals surface area contributed by atoms with Crippen LogP contribution in [0.3, 0.4) is 0 Å². The Hall–Kier alpha value is 0.0938. The first-order chi connectivity index (χ1) is 15.8. The van der Waals surface area contributed by atoms with Crippen molar-refractivity contribution in [3.63, 3.8) is 0 Å². The van der Waals surface area contributed by atoms with E-state index in [0.29, 0.717) is 28.1 Å². The third-order valence-electron chi connectivity index (χ3n) is 12.5. The number of allylic oxidation sites excluding steroid dienone is 1. The molecule has 4 aliphatic carbocycles. The Morgan fingerprint density at radius 2 is 1.34 bits per heavy atom. The molecule has 0 amide bonds. The first-order valence-electron chi connectivity index (χ1n) is 14.9. The normalized spacial score (nSPS) is 40.6. The fourth-order valence-electron chi connectivity index (χ4n) is 8.02. The first kappa shape index (κ1) is 28.1. The molecule has 0 aliphatic heterocycles. The average molecular weight is 519 g/mol. The standard InChI is InChI=1S/C31H58O2Si2/c1-28(2,3)34(9,10)32-23-17-19-30(7)22(21-23)13-14-24-25-15-16-27(31(25,8)20-18-26(24)30)33-35(11,12)29(4,5)6/h21,23-27H,13-20H2,1-12H3/t23?,24-,25-,26-,27?,30-,31-/m0/s1. The van der Waals surface area contributed by atoms with E-state index in [9.17, 15) is 0 Å². The topological polar surface area (TPSA) is 18.5 Å². The van der Waals surface area contributed by atoms with Gasteiger partial charge in [0.25, 0.3) is 0 Å². The SMILES string of the molecule is CC(C)(C)[Si](C)(C)OC1C=C2CC[C@@H]3[C@H](CC[C@]4(C)C(O[Si](C)(C)C(C)(C)C)CC[C@@H]34)[C@@]2(C)CC1. The van der Waals surface area contributed by atoms with Gasteiger partial charge >= 0.3 is 0 Å². The minimum Gasteiger partial charge on any atom is -0.413 e. The summed E-state index contributed by atoms with van der Waals surface area (Å²) in [6, 6.07) is 0. The molecule has 0 aromatic carbocycles. The van der Waals surface area contributed by atoms with Gasteiger partial charge in [-0.25, -0.2) is 0 Å². The van der Waals surface area contributed by atoms with Crippen molar-refractivity contribution in [1.82, 2.24) is 0 Å². The largest absolute Gasteiger partial charge is 0.413 e. The predicted octanol–water partition coefficient (Wildman–Crippen LogP) is 9.73. The van der Waals surface area contributed by atoms with Crippen LogP contribution in [0.25, 0.3) is 0 Å². The molecule has 0 radical (unpaired) electrons. The first-order valence-corrected chi connectivity index (χ1v) is 20.7. The van der Waals surface area contributed by atoms with E-state index >= 15 is 0 Å². The van der Waals surface area contributed by atoms with E-state index in [-0.39, 0.29) is 5.04 Å². The molecule has 3 saturated carbocycles. The van der Waals surface area contributed by atoms with Gasteiger partial charge in [0.05, 0.1) is 12.2 Å². The molecular weight excluding hydrogens is 461 g/mol. The highest BCUT2D eigenvalue weighted by Crippen LogP contribution is 2.66. The lowest BCUT2D eigenvalue weighted by Gasteiger charge is -2.59. The van der Waals surface area contributed by atoms with Crippen LogP contribution in [0.4, 0.5) is 0 Å². The van der Waals surface area contributed by atoms with Gasteiger partial charge in [-0.3, -0.25) is 0 Å². The van der Waals surface area contributed by atoms with Gasteiger partial charge in [0, 0.05) is 0 Å². The van der Waals surface area contributed by atoms with Crippen LogP contribution in [0.1, 0.15) is 107 Å². The molecule has 35 heavy (non-hydrogen) atoms. The molecule has 0 saturated heterocycles. The molecule has 0 N–H and O–H groups in total. The van der Waals surface area contributed by atoms with Crippen LogP contribution in [0.2, 0.25) is 36.3 Å². The minimum atomic E-state index is -1.74. The molecule has 4 aliphatic rings. The second kappa shape index (κ2) is 8.81. The van der Waals surface area contributed by atoms with E-state index < -0.39 is 16.6 Å². The Kier molecular flexibility index (Phi) is 7.08. The van der Waals surface area contributed by atoms with Crippen LogP contribution in [0.5, 0.6) is 0 Å². The molecular formula is C31H58O2Si2. The zero-order valence-corrected chi connectivity index (χ0v) is 27.4. The molecule has 3 fully saturated rings. The van der Waals surface area contributed by atoms with E-state index in [0.717, 1.165) is 17.8 Å². The summed E-state index contributed by atoms with van der Waals surface area (Å²) in [4.78, 5) is 0. The third kappa shape index (κ3) is 4.74. The summed E-state index contributed by atoms with van der Waals surface area (Å²) < 4.78 is 14.0. The van der Waals surface area contributed by atoms with Gasteiger partial charge in [0.15, 0.2) is 16.6 Å². The van der Waals surface area contributed by atoms with Crippen molar-refractivity contribution in [3.8, 4) is 0 Å². The Morgan fingerprint density at radius 1 is 0.743 bits per heavy atom. The zero-order chi connectivity index (χ0) is 26.2. The molecule has 2 unspecified atom stereocenters. The fraction of sp³-hybridized carbons (Fsp3) is 0.935. The lowest BCUT2D eigenvalue weighted by atomic mass is 9.47. The molecule has 0 heterocycles. The molecule has 4 rings (SSSR count). The Morgan fingerprint density at radius 3 is 1.94 bits per heavy atom. The van der Waals surface area contributed by atoms with E-state index in [1.165, 1.54) is 51.4 Å². The van der Waals surface area contributed by atoms with Crippen LogP contribution in [0.15, 0.2) is 11.6 Å². The van der Waals surface area contributed by atoms with Gasteiger partial charge < -0.3 is 8.85 Å². The molecule has 0 aromatic heterocycles. The minimum absolute atomic E-state index is 0.281. The number of hydrogen-bond acceptors (Lipinski definition) is 2. The Labute approximate surface area is 220 Å². The highest BCUT2D eigenvalue weighted by molar-refractivity contribution is 6.74. The van der Waals surface area contributed by atoms with Crippen LogP contribution < -0.4 is 0 Å². The van der Waals surface area contributed by atoms with E-state index in [2.05, 4.69) is 87.7 Å². The van der Waals surface area contributed by atoms with Crippen molar-refractivity contribution in [2.75, 3.05) is 0 Å². The summed E-state index contributed by atoms with van der Waals surface area (Å²) in [7, 11) is -3.47. The lowest BCUT2D eigenvalue weighted by molar-refractivity contribution is -0.0725. The number of fused-ring (bicyclic) bond motifs is 5. The van der Waals surface area contributed by atoms with Gasteiger partial charge in [-0.2, -0.15) is 0 Å². The number of rotatable bonds is 4. The van der Waals surface area contributed by atoms with Gasteiger partial charge in [0.1, 0.15) is 0 Å². The van der Waals surface area contributed by atoms with Crippen LogP contribution in [-0.4, -0.2) is 28.8 Å². The quantitative estimate of drug-likeness (QED) is 0.272. The summed E-state index contributed by atoms with van der Waals surface area (Å²) in [6.07, 6.45) is 14.1. The highest BCUT2D eigenvalue weighted by Gasteiger charge is 2.60. The molecule has 2 nitrogen and oxygen atoms in total. The summed E-state index contributed by atoms with van der Waals surface area (Å²) in [5.41, 5.74) is 2.54. The van der Waals surface area contributed by atoms with Gasteiger partial charge in [-0.05, 0) is 116 Å². The lowest BCUT2D eigenvalue weighted by Crippen LogP contribution is -2.54. The molecule has 7 atom stereocenters. The van der Waals surface area contributed by atoms with Crippen molar-refractivity contribution >= 4 is 16.6 Å². The second-order valence-corrected chi connectivity index (χ2v) is 26.0. The van der Waals surface area contributed by atoms with Gasteiger partial charge in [-0.1, -0.05) is 67.0 Å². The van der Waals surface area contributed by atoms with Gasteiger partial charge in [0.2, 0.25) is 0 Å². The van der Waals surface area contributed by atoms with E-state index in [1.54, 1.807) is 5.57 Å². The molecule has 202 valence electrons. The highest BCUT2D eigenvalue weighted by atomic mass is 28.4. The maximum absolute atomic E-state index is 7.15. The van der Waals surface area contributed by atoms with Crippen LogP contribution in [0, 0.1) is 28.6 Å². The molecule has 0 spiro atoms. The van der Waals surface area contributed by atoms with E-state index in [4.69, 9.17) is 8.85 Å². The smallest absolute Gasteiger partial charge is 0.192 e. The monoisotopic (exact) mass is 518 g/mol. The van der Waals surface area contributed by atoms with Gasteiger partial charge in [-0.15, -0.1) is 0 Å². The van der Waals surface area contributed by atoms with Crippen LogP contribution in [-0.2, 0) is 8.85 Å². The van der Waals surface area contributed by atoms with Crippen molar-refractivity contribution in [2.45, 2.75) is 155 Å². The second-order valence-electron chi connectivity index (χ2n) is 16.5. The van der Waals surface area contributed by atoms with E-state index in [1.807, 2.05) is 0 Å². The van der Waals surface area contributed by atoms with Crippen LogP contribution >= 0.6 is 0 Å². The summed E-state index contributed by atoms with van der Waals surface area (Å²) in [5, 5.41) is 0.574. The third-order valence-corrected chi connectivity index (χ3v) is 21.5. The fourth-order valence-corrected chi connectivity index (χ4v) is 10.8. The maximum atomic E-state index is 7.15. The summed E-state index contributed by atoms with van der Waals surface area (Å²) in [5.74, 6) is 2.61. The van der Waals surface area contributed by atoms with Crippen molar-refractivity contribution in [2.24, 2.45) is 28.6 Å². The summed E-state index contributed by atoms with van der Waals surface area (Å²) >= 11 is 0. The molecule has 0 aromatic rings. The zero-order valence-electron chi connectivity index (χ0n) is 25.4. The van der Waals surface area contributed by atoms with Crippen molar-refractivity contribution in [1.29, 1.82) is 0 Å². The van der Waals surface area contributed by atoms with Crippen molar-refractivity contribution < 1.29 is 8.85 Å². The Balaban J connectivity index is 1.51. The molecule has 4 heteroatoms. The molecule has 0 bridgehead atoms. The van der Waals surface area contributed by atoms with Crippen molar-refractivity contribution in [3.05, 3.63) is 11.6 Å².